The van der Waals surface area contributed by atoms with Gasteiger partial charge in [0.25, 0.3) is 5.91 Å². The van der Waals surface area contributed by atoms with Gasteiger partial charge < -0.3 is 9.64 Å². The van der Waals surface area contributed by atoms with Crippen molar-refractivity contribution in [2.24, 2.45) is 0 Å². The zero-order chi connectivity index (χ0) is 11.4. The number of hydrogen-bond acceptors (Lipinski definition) is 3. The summed E-state index contributed by atoms with van der Waals surface area (Å²) in [5.74, 6) is -0.173. The van der Waals surface area contributed by atoms with Crippen molar-refractivity contribution in [2.45, 2.75) is 0 Å². The fourth-order valence-corrected chi connectivity index (χ4v) is 1.29. The lowest BCUT2D eigenvalue weighted by Crippen LogP contribution is -2.27. The molecule has 1 amide bonds. The van der Waals surface area contributed by atoms with Gasteiger partial charge in [0.05, 0.1) is 12.8 Å². The maximum absolute atomic E-state index is 11.2. The summed E-state index contributed by atoms with van der Waals surface area (Å²) < 4.78 is 5.05. The molecule has 0 heterocycles. The maximum Gasteiger partial charge on any atom is 0.290 e. The molecule has 0 saturated heterocycles. The van der Waals surface area contributed by atoms with Crippen molar-refractivity contribution in [3.8, 4) is 5.75 Å². The standard InChI is InChI=1S/C10H10ClNO3/c1-12(10(14)6-13)8-5-7(11)3-4-9(8)15-2/h3-6H,1-2H3. The van der Waals surface area contributed by atoms with Crippen LogP contribution in [0.15, 0.2) is 18.2 Å². The molecule has 1 aromatic rings. The molecule has 0 unspecified atom stereocenters. The van der Waals surface area contributed by atoms with Crippen molar-refractivity contribution in [2.75, 3.05) is 19.1 Å². The molecule has 0 bridgehead atoms. The number of likely N-dealkylation sites (N-methyl/N-ethyl adjacent to an activating group) is 1. The Morgan fingerprint density at radius 2 is 2.20 bits per heavy atom. The molecule has 0 aliphatic rings. The predicted molar refractivity (Wildman–Crippen MR) is 57.5 cm³/mol. The first-order valence-electron chi connectivity index (χ1n) is 4.16. The lowest BCUT2D eigenvalue weighted by molar-refractivity contribution is -0.129. The molecule has 0 radical (unpaired) electrons. The normalized spacial score (nSPS) is 9.53. The summed E-state index contributed by atoms with van der Waals surface area (Å²) in [6.45, 7) is 0. The Labute approximate surface area is 92.4 Å². The molecule has 80 valence electrons. The topological polar surface area (TPSA) is 46.6 Å². The van der Waals surface area contributed by atoms with Crippen LogP contribution in [0.25, 0.3) is 0 Å². The van der Waals surface area contributed by atoms with E-state index in [9.17, 15) is 9.59 Å². The highest BCUT2D eigenvalue weighted by Gasteiger charge is 2.14. The van der Waals surface area contributed by atoms with E-state index in [0.717, 1.165) is 0 Å². The van der Waals surface area contributed by atoms with E-state index in [1.165, 1.54) is 19.1 Å². The van der Waals surface area contributed by atoms with Crippen LogP contribution in [0.5, 0.6) is 5.75 Å². The first-order chi connectivity index (χ1) is 7.10. The molecule has 4 nitrogen and oxygen atoms in total. The summed E-state index contributed by atoms with van der Waals surface area (Å²) in [6.07, 6.45) is 0.236. The molecule has 0 fully saturated rings. The number of aldehydes is 1. The summed E-state index contributed by atoms with van der Waals surface area (Å²) >= 11 is 5.78. The van der Waals surface area contributed by atoms with Crippen LogP contribution in [-0.4, -0.2) is 26.4 Å². The minimum Gasteiger partial charge on any atom is -0.495 e. The Morgan fingerprint density at radius 1 is 1.53 bits per heavy atom. The zero-order valence-corrected chi connectivity index (χ0v) is 9.12. The second kappa shape index (κ2) is 4.79. The highest BCUT2D eigenvalue weighted by atomic mass is 35.5. The Morgan fingerprint density at radius 3 is 2.73 bits per heavy atom. The van der Waals surface area contributed by atoms with E-state index in [-0.39, 0.29) is 6.29 Å². The average molecular weight is 228 g/mol. The molecule has 0 spiro atoms. The Kier molecular flexibility index (Phi) is 3.68. The van der Waals surface area contributed by atoms with E-state index in [0.29, 0.717) is 16.5 Å². The lowest BCUT2D eigenvalue weighted by atomic mass is 10.2. The van der Waals surface area contributed by atoms with Crippen LogP contribution in [0.1, 0.15) is 0 Å². The van der Waals surface area contributed by atoms with Crippen molar-refractivity contribution in [1.82, 2.24) is 0 Å². The maximum atomic E-state index is 11.2. The smallest absolute Gasteiger partial charge is 0.290 e. The van der Waals surface area contributed by atoms with Gasteiger partial charge in [-0.05, 0) is 18.2 Å². The number of anilines is 1. The number of nitrogens with zero attached hydrogens (tertiary/aromatic N) is 1. The fourth-order valence-electron chi connectivity index (χ4n) is 1.12. The quantitative estimate of drug-likeness (QED) is 0.581. The van der Waals surface area contributed by atoms with Crippen LogP contribution in [0.4, 0.5) is 5.69 Å². The third-order valence-electron chi connectivity index (χ3n) is 1.93. The van der Waals surface area contributed by atoms with Gasteiger partial charge in [-0.25, -0.2) is 0 Å². The van der Waals surface area contributed by atoms with Gasteiger partial charge in [-0.2, -0.15) is 0 Å². The van der Waals surface area contributed by atoms with Gasteiger partial charge in [0.1, 0.15) is 5.75 Å². The molecule has 1 rings (SSSR count). The number of halogens is 1. The van der Waals surface area contributed by atoms with Crippen LogP contribution in [0.3, 0.4) is 0 Å². The molecule has 0 aromatic heterocycles. The second-order valence-corrected chi connectivity index (χ2v) is 3.27. The second-order valence-electron chi connectivity index (χ2n) is 2.83. The number of amides is 1. The van der Waals surface area contributed by atoms with E-state index in [2.05, 4.69) is 0 Å². The van der Waals surface area contributed by atoms with Gasteiger partial charge >= 0.3 is 0 Å². The van der Waals surface area contributed by atoms with Gasteiger partial charge in [-0.1, -0.05) is 11.6 Å². The van der Waals surface area contributed by atoms with Crippen molar-refractivity contribution < 1.29 is 14.3 Å². The third-order valence-corrected chi connectivity index (χ3v) is 2.17. The van der Waals surface area contributed by atoms with Gasteiger partial charge in [0.15, 0.2) is 0 Å². The van der Waals surface area contributed by atoms with Crippen LogP contribution in [-0.2, 0) is 9.59 Å². The van der Waals surface area contributed by atoms with E-state index >= 15 is 0 Å². The molecule has 0 aliphatic carbocycles. The first-order valence-corrected chi connectivity index (χ1v) is 4.54. The van der Waals surface area contributed by atoms with E-state index < -0.39 is 5.91 Å². The number of ether oxygens (including phenoxy) is 1. The third kappa shape index (κ3) is 2.47. The van der Waals surface area contributed by atoms with E-state index in [1.807, 2.05) is 0 Å². The number of methoxy groups -OCH3 is 1. The number of benzene rings is 1. The minimum atomic E-state index is -0.657. The van der Waals surface area contributed by atoms with Crippen molar-refractivity contribution >= 4 is 29.5 Å². The number of rotatable bonds is 3. The molecule has 15 heavy (non-hydrogen) atoms. The highest BCUT2D eigenvalue weighted by molar-refractivity contribution is 6.32. The summed E-state index contributed by atoms with van der Waals surface area (Å²) in [7, 11) is 2.96. The molecule has 0 atom stereocenters. The Hall–Kier alpha value is -1.55. The zero-order valence-electron chi connectivity index (χ0n) is 8.36. The van der Waals surface area contributed by atoms with Crippen molar-refractivity contribution in [1.29, 1.82) is 0 Å². The van der Waals surface area contributed by atoms with E-state index in [1.54, 1.807) is 18.2 Å². The predicted octanol–water partition coefficient (Wildman–Crippen LogP) is 1.51. The highest BCUT2D eigenvalue weighted by Crippen LogP contribution is 2.30. The van der Waals surface area contributed by atoms with Crippen molar-refractivity contribution in [3.63, 3.8) is 0 Å². The van der Waals surface area contributed by atoms with Gasteiger partial charge in [-0.3, -0.25) is 9.59 Å². The monoisotopic (exact) mass is 227 g/mol. The first kappa shape index (κ1) is 11.5. The molecule has 0 N–H and O–H groups in total. The molecular formula is C10H10ClNO3. The minimum absolute atomic E-state index is 0.236. The van der Waals surface area contributed by atoms with Crippen LogP contribution in [0, 0.1) is 0 Å². The molecule has 0 saturated carbocycles. The fraction of sp³-hybridized carbons (Fsp3) is 0.200. The van der Waals surface area contributed by atoms with Gasteiger partial charge in [0, 0.05) is 12.1 Å². The molecular weight excluding hydrogens is 218 g/mol. The van der Waals surface area contributed by atoms with Crippen LogP contribution in [0.2, 0.25) is 5.02 Å². The average Bonchev–Trinajstić information content (AvgIpc) is 2.27. The van der Waals surface area contributed by atoms with Crippen LogP contribution < -0.4 is 9.64 Å². The molecule has 5 heteroatoms. The summed E-state index contributed by atoms with van der Waals surface area (Å²) in [5.41, 5.74) is 0.460. The molecule has 1 aromatic carbocycles. The van der Waals surface area contributed by atoms with Crippen LogP contribution >= 0.6 is 11.6 Å². The van der Waals surface area contributed by atoms with E-state index in [4.69, 9.17) is 16.3 Å². The van der Waals surface area contributed by atoms with Gasteiger partial charge in [0.2, 0.25) is 6.29 Å². The number of carbonyl (C=O) groups excluding carboxylic acids is 2. The lowest BCUT2D eigenvalue weighted by Gasteiger charge is -2.17. The Bertz CT molecular complexity index is 392. The summed E-state index contributed by atoms with van der Waals surface area (Å²) in [5, 5.41) is 0.469. The van der Waals surface area contributed by atoms with Crippen molar-refractivity contribution in [3.05, 3.63) is 23.2 Å². The summed E-state index contributed by atoms with van der Waals surface area (Å²) in [4.78, 5) is 22.7. The molecule has 0 aliphatic heterocycles. The number of carbonyl (C=O) groups is 2. The number of hydrogen-bond donors (Lipinski definition) is 0. The summed E-state index contributed by atoms with van der Waals surface area (Å²) in [6, 6.07) is 4.83. The van der Waals surface area contributed by atoms with Gasteiger partial charge in [-0.15, -0.1) is 0 Å². The SMILES string of the molecule is COc1ccc(Cl)cc1N(C)C(=O)C=O. The largest absolute Gasteiger partial charge is 0.495 e. The Balaban J connectivity index is 3.16.